The van der Waals surface area contributed by atoms with E-state index in [9.17, 15) is 39.9 Å². The van der Waals surface area contributed by atoms with Gasteiger partial charge in [0, 0.05) is 36.9 Å². The molecule has 0 bridgehead atoms. The molecule has 1 aromatic carbocycles. The van der Waals surface area contributed by atoms with Gasteiger partial charge in [-0.1, -0.05) is 24.3 Å². The molecule has 5 fully saturated rings. The van der Waals surface area contributed by atoms with Crippen molar-refractivity contribution in [2.75, 3.05) is 32.9 Å². The van der Waals surface area contributed by atoms with E-state index in [1.54, 1.807) is 47.4 Å². The van der Waals surface area contributed by atoms with Gasteiger partial charge in [-0.25, -0.2) is 4.79 Å². The fraction of sp³-hybridized carbons (Fsp3) is 0.649. The highest BCUT2D eigenvalue weighted by atomic mass is 16.8. The standard InChI is InChI=1S/C37H48N2O13/c40-14-12-38-33(45)25-7-2-13-39(25)34(46)22-17-26(32-27(18-22)51-37(52-32,23-8-9-23)24-10-11-24)49-35(47)21-6-1-4-20(16-21)5-3-15-48-36-31(44)30(43)29(42)28(19-41)50-36/h1,3-6,16,18,23-32,36,40-44H,2,7-15,17,19H2,(H,38,45)/t25-,26-,27-,28-,29+,30+,31-,32+,36+/m1/s1. The molecular formula is C37H48N2O13. The Bertz CT molecular complexity index is 1530. The molecule has 3 aliphatic carbocycles. The number of likely N-dealkylation sites (tertiary alicyclic amines) is 1. The van der Waals surface area contributed by atoms with Gasteiger partial charge in [0.15, 0.2) is 12.1 Å². The zero-order chi connectivity index (χ0) is 36.6. The van der Waals surface area contributed by atoms with Gasteiger partial charge in [-0.05, 0) is 62.3 Å². The van der Waals surface area contributed by atoms with Gasteiger partial charge in [-0.15, -0.1) is 0 Å². The number of amides is 2. The van der Waals surface area contributed by atoms with E-state index in [1.165, 1.54) is 0 Å². The first-order chi connectivity index (χ1) is 25.1. The van der Waals surface area contributed by atoms with Crippen LogP contribution in [0.2, 0.25) is 0 Å². The first-order valence-electron chi connectivity index (χ1n) is 18.3. The van der Waals surface area contributed by atoms with Crippen LogP contribution in [0.1, 0.15) is 60.9 Å². The van der Waals surface area contributed by atoms with Crippen molar-refractivity contribution >= 4 is 23.9 Å². The van der Waals surface area contributed by atoms with Gasteiger partial charge in [0.05, 0.1) is 25.4 Å². The van der Waals surface area contributed by atoms with Crippen LogP contribution in [-0.2, 0) is 33.3 Å². The molecule has 0 spiro atoms. The maximum Gasteiger partial charge on any atom is 0.338 e. The smallest absolute Gasteiger partial charge is 0.338 e. The second-order valence-electron chi connectivity index (χ2n) is 14.5. The van der Waals surface area contributed by atoms with Crippen LogP contribution in [0.4, 0.5) is 0 Å². The van der Waals surface area contributed by atoms with Gasteiger partial charge in [0.25, 0.3) is 0 Å². The van der Waals surface area contributed by atoms with Gasteiger partial charge < -0.3 is 59.4 Å². The molecule has 0 unspecified atom stereocenters. The Kier molecular flexibility index (Phi) is 11.1. The predicted molar refractivity (Wildman–Crippen MR) is 180 cm³/mol. The summed E-state index contributed by atoms with van der Waals surface area (Å²) in [5.74, 6) is -1.49. The first-order valence-corrected chi connectivity index (χ1v) is 18.3. The number of hydrogen-bond donors (Lipinski definition) is 6. The lowest BCUT2D eigenvalue weighted by molar-refractivity contribution is -0.298. The van der Waals surface area contributed by atoms with Gasteiger partial charge in [0.2, 0.25) is 11.8 Å². The molecule has 3 saturated heterocycles. The minimum absolute atomic E-state index is 0.0479. The maximum atomic E-state index is 14.0. The van der Waals surface area contributed by atoms with Crippen molar-refractivity contribution in [1.29, 1.82) is 0 Å². The van der Waals surface area contributed by atoms with Crippen LogP contribution in [0.15, 0.2) is 42.0 Å². The molecule has 0 aromatic heterocycles. The zero-order valence-electron chi connectivity index (χ0n) is 28.8. The normalized spacial score (nSPS) is 34.2. The fourth-order valence-corrected chi connectivity index (χ4v) is 7.84. The van der Waals surface area contributed by atoms with E-state index in [4.69, 9.17) is 23.7 Å². The lowest BCUT2D eigenvalue weighted by atomic mass is 9.91. The topological polar surface area (TPSA) is 214 Å². The van der Waals surface area contributed by atoms with Crippen molar-refractivity contribution in [3.8, 4) is 0 Å². The number of carbonyl (C=O) groups is 3. The van der Waals surface area contributed by atoms with Crippen LogP contribution in [0.5, 0.6) is 0 Å². The van der Waals surface area contributed by atoms with Crippen molar-refractivity contribution < 1.29 is 63.6 Å². The Hall–Kier alpha value is -3.25. The first kappa shape index (κ1) is 37.1. The average molecular weight is 729 g/mol. The summed E-state index contributed by atoms with van der Waals surface area (Å²) in [6.45, 7) is -0.304. The zero-order valence-corrected chi connectivity index (χ0v) is 28.8. The number of aliphatic hydroxyl groups excluding tert-OH is 5. The van der Waals surface area contributed by atoms with Crippen LogP contribution in [0.25, 0.3) is 6.08 Å². The van der Waals surface area contributed by atoms with Crippen molar-refractivity contribution in [3.05, 3.63) is 53.1 Å². The number of benzene rings is 1. The van der Waals surface area contributed by atoms with Crippen LogP contribution in [0, 0.1) is 11.8 Å². The van der Waals surface area contributed by atoms with E-state index in [0.29, 0.717) is 30.5 Å². The number of nitrogens with zero attached hydrogens (tertiary/aromatic N) is 1. The SMILES string of the molecule is O=C(O[C@@H]1CC(C(=O)N2CCC[C@@H]2C(=O)NCCO)=C[C@H]2OC(C3CC3)(C3CC3)O[C@H]21)c1cccc(C=CCO[C@H]2O[C@H](CO)[C@H](O)[C@H](O)[C@H]2O)c1. The van der Waals surface area contributed by atoms with Crippen LogP contribution in [-0.4, -0.2) is 142 Å². The van der Waals surface area contributed by atoms with Gasteiger partial charge in [-0.2, -0.15) is 0 Å². The minimum Gasteiger partial charge on any atom is -0.456 e. The molecule has 2 saturated carbocycles. The minimum atomic E-state index is -1.55. The highest BCUT2D eigenvalue weighted by Gasteiger charge is 2.64. The number of ether oxygens (including phenoxy) is 5. The third kappa shape index (κ3) is 7.56. The van der Waals surface area contributed by atoms with E-state index in [-0.39, 0.29) is 55.4 Å². The molecule has 0 radical (unpaired) electrons. The van der Waals surface area contributed by atoms with E-state index in [2.05, 4.69) is 5.32 Å². The molecule has 3 heterocycles. The molecule has 9 atom stereocenters. The number of fused-ring (bicyclic) bond motifs is 1. The highest BCUT2D eigenvalue weighted by Crippen LogP contribution is 2.59. The fourth-order valence-electron chi connectivity index (χ4n) is 7.84. The molecule has 1 aromatic rings. The van der Waals surface area contributed by atoms with Gasteiger partial charge in [0.1, 0.15) is 48.8 Å². The van der Waals surface area contributed by atoms with Gasteiger partial charge >= 0.3 is 5.97 Å². The van der Waals surface area contributed by atoms with Crippen molar-refractivity contribution in [2.45, 2.75) is 106 Å². The highest BCUT2D eigenvalue weighted by molar-refractivity contribution is 5.98. The number of nitrogens with one attached hydrogen (secondary N) is 1. The van der Waals surface area contributed by atoms with E-state index >= 15 is 0 Å². The molecule has 15 nitrogen and oxygen atoms in total. The van der Waals surface area contributed by atoms with E-state index in [1.807, 2.05) is 0 Å². The lowest BCUT2D eigenvalue weighted by Crippen LogP contribution is -2.59. The average Bonchev–Trinajstić information content (AvgIpc) is 4.10. The Morgan fingerprint density at radius 3 is 2.48 bits per heavy atom. The Labute approximate surface area is 301 Å². The third-order valence-electron chi connectivity index (χ3n) is 10.8. The Morgan fingerprint density at radius 1 is 1.00 bits per heavy atom. The van der Waals surface area contributed by atoms with Crippen LogP contribution < -0.4 is 5.32 Å². The van der Waals surface area contributed by atoms with Crippen LogP contribution >= 0.6 is 0 Å². The molecule has 7 rings (SSSR count). The molecule has 2 amide bonds. The summed E-state index contributed by atoms with van der Waals surface area (Å²) < 4.78 is 30.4. The predicted octanol–water partition coefficient (Wildman–Crippen LogP) is -0.228. The Balaban J connectivity index is 1.04. The summed E-state index contributed by atoms with van der Waals surface area (Å²) in [6.07, 6.45) is 1.39. The summed E-state index contributed by atoms with van der Waals surface area (Å²) in [7, 11) is 0. The number of hydrogen-bond acceptors (Lipinski definition) is 13. The van der Waals surface area contributed by atoms with Crippen LogP contribution in [0.3, 0.4) is 0 Å². The summed E-state index contributed by atoms with van der Waals surface area (Å²) in [4.78, 5) is 42.1. The third-order valence-corrected chi connectivity index (χ3v) is 10.8. The van der Waals surface area contributed by atoms with E-state index in [0.717, 1.165) is 25.7 Å². The lowest BCUT2D eigenvalue weighted by Gasteiger charge is -2.39. The molecule has 6 N–H and O–H groups in total. The van der Waals surface area contributed by atoms with Crippen molar-refractivity contribution in [1.82, 2.24) is 10.2 Å². The molecule has 3 aliphatic heterocycles. The number of aliphatic hydroxyl groups is 5. The maximum absolute atomic E-state index is 14.0. The summed E-state index contributed by atoms with van der Waals surface area (Å²) in [5.41, 5.74) is 1.32. The van der Waals surface area contributed by atoms with Crippen molar-refractivity contribution in [2.24, 2.45) is 11.8 Å². The number of esters is 1. The summed E-state index contributed by atoms with van der Waals surface area (Å²) >= 11 is 0. The molecule has 6 aliphatic rings. The molecule has 284 valence electrons. The molecule has 52 heavy (non-hydrogen) atoms. The summed E-state index contributed by atoms with van der Waals surface area (Å²) in [6, 6.07) is 6.07. The van der Waals surface area contributed by atoms with E-state index < -0.39 is 73.4 Å². The second-order valence-corrected chi connectivity index (χ2v) is 14.5. The number of rotatable bonds is 13. The van der Waals surface area contributed by atoms with Gasteiger partial charge in [-0.3, -0.25) is 9.59 Å². The largest absolute Gasteiger partial charge is 0.456 e. The summed E-state index contributed by atoms with van der Waals surface area (Å²) in [5, 5.41) is 51.4. The van der Waals surface area contributed by atoms with Crippen molar-refractivity contribution in [3.63, 3.8) is 0 Å². The Morgan fingerprint density at radius 2 is 1.77 bits per heavy atom. The second kappa shape index (κ2) is 15.6. The molecular weight excluding hydrogens is 680 g/mol. The quantitative estimate of drug-likeness (QED) is 0.145. The monoisotopic (exact) mass is 728 g/mol. The molecule has 15 heteroatoms. The number of carbonyl (C=O) groups excluding carboxylic acids is 3.